The van der Waals surface area contributed by atoms with Crippen molar-refractivity contribution in [3.05, 3.63) is 42.0 Å². The molecule has 0 saturated heterocycles. The van der Waals surface area contributed by atoms with E-state index in [1.54, 1.807) is 25.3 Å². The molecule has 2 rings (SSSR count). The molecule has 1 heterocycles. The number of anilines is 1. The van der Waals surface area contributed by atoms with Gasteiger partial charge in [0.05, 0.1) is 4.90 Å². The van der Waals surface area contributed by atoms with E-state index < -0.39 is 10.0 Å². The number of rotatable bonds is 6. The van der Waals surface area contributed by atoms with E-state index in [4.69, 9.17) is 5.11 Å². The first-order valence-corrected chi connectivity index (χ1v) is 8.63. The summed E-state index contributed by atoms with van der Waals surface area (Å²) in [7, 11) is -0.685. The average Bonchev–Trinajstić information content (AvgIpc) is 2.95. The molecule has 0 saturated carbocycles. The third kappa shape index (κ3) is 3.81. The zero-order chi connectivity index (χ0) is 17.9. The summed E-state index contributed by atoms with van der Waals surface area (Å²) in [5.74, 6) is 0.0321. The van der Waals surface area contributed by atoms with Gasteiger partial charge in [-0.1, -0.05) is 6.07 Å². The van der Waals surface area contributed by atoms with Crippen LogP contribution in [0.15, 0.2) is 35.5 Å². The highest BCUT2D eigenvalue weighted by molar-refractivity contribution is 7.89. The minimum Gasteiger partial charge on any atom is -0.388 e. The van der Waals surface area contributed by atoms with Crippen LogP contribution in [0.2, 0.25) is 0 Å². The summed E-state index contributed by atoms with van der Waals surface area (Å²) in [6.07, 6.45) is 3.08. The number of nitrogens with zero attached hydrogens (tertiary/aromatic N) is 3. The van der Waals surface area contributed by atoms with Crippen molar-refractivity contribution in [2.45, 2.75) is 25.0 Å². The van der Waals surface area contributed by atoms with Gasteiger partial charge in [-0.3, -0.25) is 4.79 Å². The predicted molar refractivity (Wildman–Crippen MR) is 88.8 cm³/mol. The molecule has 0 aliphatic heterocycles. The molecule has 130 valence electrons. The second-order valence-electron chi connectivity index (χ2n) is 5.45. The Labute approximate surface area is 140 Å². The number of nitrogens with one attached hydrogen (secondary N) is 1. The number of benzene rings is 1. The standard InChI is InChI=1S/C15H20N4O4S/c1-11-4-5-12(8-13(11)24(22,23)18(2)3)17-15(21)9-19-7-6-16-14(19)10-20/h4-8,20H,9-10H2,1-3H3,(H,17,21). The van der Waals surface area contributed by atoms with E-state index in [9.17, 15) is 13.2 Å². The number of aryl methyl sites for hydroxylation is 1. The Morgan fingerprint density at radius 3 is 2.71 bits per heavy atom. The third-order valence-corrected chi connectivity index (χ3v) is 5.44. The first-order chi connectivity index (χ1) is 11.3. The fourth-order valence-corrected chi connectivity index (χ4v) is 3.29. The summed E-state index contributed by atoms with van der Waals surface area (Å²) in [6, 6.07) is 4.72. The fourth-order valence-electron chi connectivity index (χ4n) is 2.14. The normalized spacial score (nSPS) is 11.7. The number of amides is 1. The highest BCUT2D eigenvalue weighted by Crippen LogP contribution is 2.22. The molecule has 1 aromatic heterocycles. The molecule has 0 aliphatic rings. The zero-order valence-electron chi connectivity index (χ0n) is 13.7. The molecule has 0 spiro atoms. The monoisotopic (exact) mass is 352 g/mol. The fraction of sp³-hybridized carbons (Fsp3) is 0.333. The molecule has 0 radical (unpaired) electrons. The summed E-state index contributed by atoms with van der Waals surface area (Å²) in [6.45, 7) is 1.40. The van der Waals surface area contributed by atoms with Crippen LogP contribution >= 0.6 is 0 Å². The van der Waals surface area contributed by atoms with Gasteiger partial charge >= 0.3 is 0 Å². The Kier molecular flexibility index (Phi) is 5.37. The number of imidazole rings is 1. The number of carbonyl (C=O) groups is 1. The number of aliphatic hydroxyl groups excluding tert-OH is 1. The zero-order valence-corrected chi connectivity index (χ0v) is 14.5. The molecule has 24 heavy (non-hydrogen) atoms. The van der Waals surface area contributed by atoms with Gasteiger partial charge in [-0.15, -0.1) is 0 Å². The Balaban J connectivity index is 2.20. The third-order valence-electron chi connectivity index (χ3n) is 3.49. The topological polar surface area (TPSA) is 105 Å². The molecule has 0 unspecified atom stereocenters. The van der Waals surface area contributed by atoms with Gasteiger partial charge in [-0.2, -0.15) is 0 Å². The summed E-state index contributed by atoms with van der Waals surface area (Å²) in [5, 5.41) is 11.8. The van der Waals surface area contributed by atoms with Gasteiger partial charge in [0.1, 0.15) is 19.0 Å². The van der Waals surface area contributed by atoms with E-state index in [1.807, 2.05) is 0 Å². The van der Waals surface area contributed by atoms with Crippen LogP contribution in [0, 0.1) is 6.92 Å². The molecule has 1 aromatic carbocycles. The van der Waals surface area contributed by atoms with E-state index in [0.29, 0.717) is 17.1 Å². The Bertz CT molecular complexity index is 843. The molecule has 2 aromatic rings. The molecule has 2 N–H and O–H groups in total. The van der Waals surface area contributed by atoms with Gasteiger partial charge < -0.3 is 15.0 Å². The average molecular weight is 352 g/mol. The minimum atomic E-state index is -3.59. The number of carbonyl (C=O) groups excluding carboxylic acids is 1. The van der Waals surface area contributed by atoms with Crippen molar-refractivity contribution in [3.63, 3.8) is 0 Å². The summed E-state index contributed by atoms with van der Waals surface area (Å²) < 4.78 is 27.2. The molecule has 0 aliphatic carbocycles. The molecular weight excluding hydrogens is 332 g/mol. The number of hydrogen-bond acceptors (Lipinski definition) is 5. The van der Waals surface area contributed by atoms with Gasteiger partial charge in [0.2, 0.25) is 15.9 Å². The Morgan fingerprint density at radius 1 is 1.38 bits per heavy atom. The molecule has 0 atom stereocenters. The van der Waals surface area contributed by atoms with Crippen molar-refractivity contribution < 1.29 is 18.3 Å². The largest absolute Gasteiger partial charge is 0.388 e. The van der Waals surface area contributed by atoms with Crippen LogP contribution in [0.25, 0.3) is 0 Å². The molecule has 9 heteroatoms. The van der Waals surface area contributed by atoms with Crippen molar-refractivity contribution in [3.8, 4) is 0 Å². The second kappa shape index (κ2) is 7.12. The number of aromatic nitrogens is 2. The lowest BCUT2D eigenvalue weighted by molar-refractivity contribution is -0.116. The van der Waals surface area contributed by atoms with Crippen molar-refractivity contribution in [2.24, 2.45) is 0 Å². The van der Waals surface area contributed by atoms with Gasteiger partial charge in [-0.05, 0) is 24.6 Å². The smallest absolute Gasteiger partial charge is 0.244 e. The maximum absolute atomic E-state index is 12.3. The minimum absolute atomic E-state index is 0.0282. The van der Waals surface area contributed by atoms with Crippen LogP contribution in [0.4, 0.5) is 5.69 Å². The molecule has 8 nitrogen and oxygen atoms in total. The van der Waals surface area contributed by atoms with Crippen LogP contribution in [0.5, 0.6) is 0 Å². The molecule has 1 amide bonds. The lowest BCUT2D eigenvalue weighted by Gasteiger charge is -2.15. The van der Waals surface area contributed by atoms with Crippen molar-refractivity contribution in [1.82, 2.24) is 13.9 Å². The van der Waals surface area contributed by atoms with Crippen LogP contribution in [0.1, 0.15) is 11.4 Å². The van der Waals surface area contributed by atoms with Gasteiger partial charge in [0.25, 0.3) is 0 Å². The summed E-state index contributed by atoms with van der Waals surface area (Å²) in [5.41, 5.74) is 0.982. The van der Waals surface area contributed by atoms with E-state index in [1.165, 1.54) is 30.9 Å². The van der Waals surface area contributed by atoms with E-state index >= 15 is 0 Å². The maximum Gasteiger partial charge on any atom is 0.244 e. The van der Waals surface area contributed by atoms with Crippen LogP contribution in [-0.2, 0) is 28.0 Å². The SMILES string of the molecule is Cc1ccc(NC(=O)Cn2ccnc2CO)cc1S(=O)(=O)N(C)C. The van der Waals surface area contributed by atoms with Gasteiger partial charge in [0, 0.05) is 32.2 Å². The lowest BCUT2D eigenvalue weighted by Crippen LogP contribution is -2.24. The summed E-state index contributed by atoms with van der Waals surface area (Å²) >= 11 is 0. The van der Waals surface area contributed by atoms with Crippen LogP contribution in [0.3, 0.4) is 0 Å². The van der Waals surface area contributed by atoms with Crippen LogP contribution < -0.4 is 5.32 Å². The Hall–Kier alpha value is -2.23. The van der Waals surface area contributed by atoms with Crippen molar-refractivity contribution >= 4 is 21.6 Å². The van der Waals surface area contributed by atoms with Crippen molar-refractivity contribution in [2.75, 3.05) is 19.4 Å². The molecular formula is C15H20N4O4S. The number of sulfonamides is 1. The van der Waals surface area contributed by atoms with E-state index in [0.717, 1.165) is 4.31 Å². The Morgan fingerprint density at radius 2 is 2.08 bits per heavy atom. The summed E-state index contributed by atoms with van der Waals surface area (Å²) in [4.78, 5) is 16.2. The van der Waals surface area contributed by atoms with Crippen LogP contribution in [-0.4, -0.2) is 47.4 Å². The maximum atomic E-state index is 12.3. The second-order valence-corrected chi connectivity index (χ2v) is 7.57. The van der Waals surface area contributed by atoms with Gasteiger partial charge in [-0.25, -0.2) is 17.7 Å². The number of hydrogen-bond donors (Lipinski definition) is 2. The quantitative estimate of drug-likeness (QED) is 0.791. The molecule has 0 fully saturated rings. The molecule has 0 bridgehead atoms. The highest BCUT2D eigenvalue weighted by Gasteiger charge is 2.20. The van der Waals surface area contributed by atoms with Crippen molar-refractivity contribution in [1.29, 1.82) is 0 Å². The van der Waals surface area contributed by atoms with E-state index in [-0.39, 0.29) is 24.0 Å². The first-order valence-electron chi connectivity index (χ1n) is 7.19. The highest BCUT2D eigenvalue weighted by atomic mass is 32.2. The van der Waals surface area contributed by atoms with E-state index in [2.05, 4.69) is 10.3 Å². The first kappa shape index (κ1) is 18.1. The lowest BCUT2D eigenvalue weighted by atomic mass is 10.2. The van der Waals surface area contributed by atoms with Gasteiger partial charge in [0.15, 0.2) is 0 Å². The predicted octanol–water partition coefficient (Wildman–Crippen LogP) is 0.573. The number of aliphatic hydroxyl groups is 1.